The molecule has 0 saturated carbocycles. The van der Waals surface area contributed by atoms with Gasteiger partial charge in [0.2, 0.25) is 5.75 Å². The Kier molecular flexibility index (Phi) is 5.29. The normalized spacial score (nSPS) is 13.7. The number of aliphatic hydroxyl groups excluding tert-OH is 1. The second-order valence-corrected chi connectivity index (χ2v) is 7.01. The van der Waals surface area contributed by atoms with Crippen LogP contribution in [0.2, 0.25) is 0 Å². The standard InChI is InChI=1S/C21H22O7/c1-5-12(2)20(24)28-21(3,4)15(22)11-26-19-17-14(8-9-25-17)10-13-6-7-16(23)27-18(13)19/h5-10,15,22H,11H2,1-4H3/t15-/m0/s1. The van der Waals surface area contributed by atoms with Crippen molar-refractivity contribution in [1.29, 1.82) is 0 Å². The fourth-order valence-corrected chi connectivity index (χ4v) is 2.61. The number of fused-ring (bicyclic) bond motifs is 2. The summed E-state index contributed by atoms with van der Waals surface area (Å²) in [7, 11) is 0. The number of carbonyl (C=O) groups excluding carboxylic acids is 1. The van der Waals surface area contributed by atoms with Crippen LogP contribution in [0.3, 0.4) is 0 Å². The highest BCUT2D eigenvalue weighted by atomic mass is 16.6. The first-order chi connectivity index (χ1) is 13.2. The summed E-state index contributed by atoms with van der Waals surface area (Å²) >= 11 is 0. The number of carbonyl (C=O) groups is 1. The molecule has 2 heterocycles. The Bertz CT molecular complexity index is 1100. The van der Waals surface area contributed by atoms with Crippen molar-refractivity contribution >= 4 is 27.9 Å². The Balaban J connectivity index is 1.88. The molecule has 0 spiro atoms. The zero-order valence-electron chi connectivity index (χ0n) is 16.1. The Morgan fingerprint density at radius 1 is 1.25 bits per heavy atom. The van der Waals surface area contributed by atoms with Gasteiger partial charge in [0.15, 0.2) is 11.2 Å². The average molecular weight is 386 g/mol. The molecule has 3 aromatic rings. The number of esters is 1. The molecule has 0 fully saturated rings. The fraction of sp³-hybridized carbons (Fsp3) is 0.333. The second-order valence-electron chi connectivity index (χ2n) is 7.01. The van der Waals surface area contributed by atoms with Crippen LogP contribution < -0.4 is 10.4 Å². The van der Waals surface area contributed by atoms with E-state index < -0.39 is 23.3 Å². The number of hydrogen-bond donors (Lipinski definition) is 1. The summed E-state index contributed by atoms with van der Waals surface area (Å²) < 4.78 is 21.9. The van der Waals surface area contributed by atoms with Crippen molar-refractivity contribution in [2.75, 3.05) is 6.61 Å². The first kappa shape index (κ1) is 19.7. The van der Waals surface area contributed by atoms with Gasteiger partial charge in [-0.05, 0) is 45.9 Å². The van der Waals surface area contributed by atoms with Crippen LogP contribution in [-0.2, 0) is 9.53 Å². The second kappa shape index (κ2) is 7.52. The quantitative estimate of drug-likeness (QED) is 0.393. The number of furan rings is 1. The predicted molar refractivity (Wildman–Crippen MR) is 103 cm³/mol. The van der Waals surface area contributed by atoms with Gasteiger partial charge in [-0.25, -0.2) is 9.59 Å². The van der Waals surface area contributed by atoms with E-state index in [-0.39, 0.29) is 17.9 Å². The van der Waals surface area contributed by atoms with Crippen LogP contribution in [0.5, 0.6) is 5.75 Å². The first-order valence-corrected chi connectivity index (χ1v) is 8.84. The number of rotatable bonds is 6. The van der Waals surface area contributed by atoms with Gasteiger partial charge in [-0.3, -0.25) is 0 Å². The van der Waals surface area contributed by atoms with Gasteiger partial charge in [-0.2, -0.15) is 0 Å². The molecule has 148 valence electrons. The molecule has 0 aliphatic carbocycles. The highest BCUT2D eigenvalue weighted by Crippen LogP contribution is 2.35. The van der Waals surface area contributed by atoms with E-state index in [0.717, 1.165) is 5.39 Å². The predicted octanol–water partition coefficient (Wildman–Crippen LogP) is 3.57. The van der Waals surface area contributed by atoms with E-state index in [4.69, 9.17) is 18.3 Å². The lowest BCUT2D eigenvalue weighted by atomic mass is 10.0. The van der Waals surface area contributed by atoms with Crippen LogP contribution in [0.15, 0.2) is 55.8 Å². The van der Waals surface area contributed by atoms with E-state index in [1.54, 1.807) is 45.9 Å². The number of allylic oxidation sites excluding steroid dienone is 1. The summed E-state index contributed by atoms with van der Waals surface area (Å²) in [6, 6.07) is 6.52. The molecule has 1 aromatic carbocycles. The molecule has 7 nitrogen and oxygen atoms in total. The molecule has 7 heteroatoms. The summed E-state index contributed by atoms with van der Waals surface area (Å²) in [4.78, 5) is 23.7. The minimum absolute atomic E-state index is 0.206. The van der Waals surface area contributed by atoms with E-state index in [1.807, 2.05) is 6.07 Å². The van der Waals surface area contributed by atoms with E-state index in [2.05, 4.69) is 0 Å². The van der Waals surface area contributed by atoms with Crippen molar-refractivity contribution < 1.29 is 28.2 Å². The van der Waals surface area contributed by atoms with E-state index >= 15 is 0 Å². The zero-order valence-corrected chi connectivity index (χ0v) is 16.1. The van der Waals surface area contributed by atoms with Gasteiger partial charge in [-0.1, -0.05) is 6.08 Å². The lowest BCUT2D eigenvalue weighted by molar-refractivity contribution is -0.164. The van der Waals surface area contributed by atoms with Crippen molar-refractivity contribution in [3.63, 3.8) is 0 Å². The maximum atomic E-state index is 12.0. The Morgan fingerprint density at radius 2 is 1.96 bits per heavy atom. The summed E-state index contributed by atoms with van der Waals surface area (Å²) in [6.07, 6.45) is 1.99. The molecule has 0 aliphatic rings. The molecule has 1 atom stereocenters. The van der Waals surface area contributed by atoms with Gasteiger partial charge >= 0.3 is 11.6 Å². The van der Waals surface area contributed by atoms with Crippen LogP contribution in [0, 0.1) is 0 Å². The largest absolute Gasteiger partial charge is 0.483 e. The van der Waals surface area contributed by atoms with Crippen molar-refractivity contribution in [1.82, 2.24) is 0 Å². The summed E-state index contributed by atoms with van der Waals surface area (Å²) in [5, 5.41) is 12.0. The third-order valence-electron chi connectivity index (χ3n) is 4.58. The molecule has 3 rings (SSSR count). The molecule has 0 saturated heterocycles. The van der Waals surface area contributed by atoms with Gasteiger partial charge in [0.25, 0.3) is 0 Å². The van der Waals surface area contributed by atoms with Gasteiger partial charge in [0.1, 0.15) is 18.3 Å². The summed E-state index contributed by atoms with van der Waals surface area (Å²) in [6.45, 7) is 6.34. The SMILES string of the molecule is CC=C(C)C(=O)OC(C)(C)[C@@H](O)COc1c2occc2cc2ccc(=O)oc12. The van der Waals surface area contributed by atoms with Gasteiger partial charge in [0, 0.05) is 22.4 Å². The number of aliphatic hydroxyl groups is 1. The number of benzene rings is 1. The van der Waals surface area contributed by atoms with Crippen LogP contribution in [-0.4, -0.2) is 29.4 Å². The van der Waals surface area contributed by atoms with Crippen molar-refractivity contribution in [3.8, 4) is 5.75 Å². The minimum Gasteiger partial charge on any atom is -0.483 e. The third kappa shape index (κ3) is 3.80. The van der Waals surface area contributed by atoms with Gasteiger partial charge < -0.3 is 23.4 Å². The number of ether oxygens (including phenoxy) is 2. The molecule has 2 aromatic heterocycles. The highest BCUT2D eigenvalue weighted by Gasteiger charge is 2.33. The Hall–Kier alpha value is -3.06. The summed E-state index contributed by atoms with van der Waals surface area (Å²) in [5.74, 6) is -0.308. The topological polar surface area (TPSA) is 99.1 Å². The molecule has 0 bridgehead atoms. The van der Waals surface area contributed by atoms with Gasteiger partial charge in [-0.15, -0.1) is 0 Å². The zero-order chi connectivity index (χ0) is 20.5. The lowest BCUT2D eigenvalue weighted by Gasteiger charge is -2.30. The van der Waals surface area contributed by atoms with E-state index in [9.17, 15) is 14.7 Å². The molecular weight excluding hydrogens is 364 g/mol. The maximum absolute atomic E-state index is 12.0. The van der Waals surface area contributed by atoms with E-state index in [0.29, 0.717) is 16.5 Å². The molecule has 28 heavy (non-hydrogen) atoms. The van der Waals surface area contributed by atoms with Crippen LogP contribution in [0.4, 0.5) is 0 Å². The highest BCUT2D eigenvalue weighted by molar-refractivity contribution is 5.99. The van der Waals surface area contributed by atoms with Crippen molar-refractivity contribution in [3.05, 3.63) is 52.6 Å². The van der Waals surface area contributed by atoms with Crippen LogP contribution in [0.25, 0.3) is 21.9 Å². The summed E-state index contributed by atoms with van der Waals surface area (Å²) in [5.41, 5.74) is -0.667. The Labute approximate surface area is 161 Å². The first-order valence-electron chi connectivity index (χ1n) is 8.84. The molecule has 0 unspecified atom stereocenters. The van der Waals surface area contributed by atoms with Crippen LogP contribution >= 0.6 is 0 Å². The molecule has 0 radical (unpaired) electrons. The van der Waals surface area contributed by atoms with E-state index in [1.165, 1.54) is 12.3 Å². The number of hydrogen-bond acceptors (Lipinski definition) is 7. The maximum Gasteiger partial charge on any atom is 0.336 e. The molecular formula is C21H22O7. The minimum atomic E-state index is -1.20. The third-order valence-corrected chi connectivity index (χ3v) is 4.58. The fourth-order valence-electron chi connectivity index (χ4n) is 2.61. The van der Waals surface area contributed by atoms with Crippen molar-refractivity contribution in [2.24, 2.45) is 0 Å². The monoisotopic (exact) mass is 386 g/mol. The van der Waals surface area contributed by atoms with Crippen LogP contribution in [0.1, 0.15) is 27.7 Å². The Morgan fingerprint density at radius 3 is 2.68 bits per heavy atom. The lowest BCUT2D eigenvalue weighted by Crippen LogP contribution is -2.44. The molecule has 0 amide bonds. The molecule has 0 aliphatic heterocycles. The van der Waals surface area contributed by atoms with Crippen molar-refractivity contribution in [2.45, 2.75) is 39.4 Å². The smallest absolute Gasteiger partial charge is 0.336 e. The molecule has 1 N–H and O–H groups in total. The van der Waals surface area contributed by atoms with Gasteiger partial charge in [0.05, 0.1) is 6.26 Å². The average Bonchev–Trinajstić information content (AvgIpc) is 3.12.